The van der Waals surface area contributed by atoms with Crippen molar-refractivity contribution in [2.75, 3.05) is 11.5 Å². The summed E-state index contributed by atoms with van der Waals surface area (Å²) in [5, 5.41) is 4.88. The Morgan fingerprint density at radius 2 is 1.46 bits per heavy atom. The summed E-state index contributed by atoms with van der Waals surface area (Å²) in [6.45, 7) is 3.93. The normalized spacial score (nSPS) is 12.9. The molecular weight excluding hydrogens is 376 g/mol. The number of hydrogen-bond acceptors (Lipinski definition) is 7. The molecule has 0 bridgehead atoms. The van der Waals surface area contributed by atoms with Crippen LogP contribution in [0.5, 0.6) is 0 Å². The van der Waals surface area contributed by atoms with Crippen LogP contribution in [0.4, 0.5) is 0 Å². The molecular formula is C16H30N4O4S2. The lowest BCUT2D eigenvalue weighted by Gasteiger charge is -2.15. The van der Waals surface area contributed by atoms with Gasteiger partial charge in [-0.05, 0) is 12.8 Å². The Labute approximate surface area is 162 Å². The number of primary amides is 1. The number of hydrogen-bond donors (Lipinski definition) is 4. The van der Waals surface area contributed by atoms with Crippen molar-refractivity contribution < 1.29 is 19.2 Å². The van der Waals surface area contributed by atoms with E-state index < -0.39 is 23.9 Å². The molecule has 0 rings (SSSR count). The van der Waals surface area contributed by atoms with Crippen LogP contribution >= 0.6 is 21.6 Å². The first-order valence-corrected chi connectivity index (χ1v) is 11.2. The van der Waals surface area contributed by atoms with E-state index in [-0.39, 0.29) is 23.3 Å². The predicted molar refractivity (Wildman–Crippen MR) is 106 cm³/mol. The molecule has 0 radical (unpaired) electrons. The van der Waals surface area contributed by atoms with Gasteiger partial charge in [0.1, 0.15) is 6.04 Å². The van der Waals surface area contributed by atoms with Crippen LogP contribution in [-0.4, -0.2) is 47.2 Å². The Bertz CT molecular complexity index is 477. The average Bonchev–Trinajstić information content (AvgIpc) is 2.60. The molecule has 6 N–H and O–H groups in total. The monoisotopic (exact) mass is 406 g/mol. The van der Waals surface area contributed by atoms with E-state index in [1.807, 2.05) is 13.8 Å². The Morgan fingerprint density at radius 3 is 2.00 bits per heavy atom. The number of unbranched alkanes of at least 4 members (excludes halogenated alkanes) is 2. The molecule has 1 unspecified atom stereocenters. The molecule has 0 heterocycles. The fourth-order valence-electron chi connectivity index (χ4n) is 1.74. The van der Waals surface area contributed by atoms with E-state index in [1.54, 1.807) is 0 Å². The summed E-state index contributed by atoms with van der Waals surface area (Å²) >= 11 is 0. The minimum absolute atomic E-state index is 0.206. The lowest BCUT2D eigenvalue weighted by Crippen LogP contribution is -2.46. The fraction of sp³-hybridized carbons (Fsp3) is 0.750. The molecule has 10 heteroatoms. The zero-order valence-corrected chi connectivity index (χ0v) is 17.0. The van der Waals surface area contributed by atoms with E-state index in [4.69, 9.17) is 11.5 Å². The van der Waals surface area contributed by atoms with Gasteiger partial charge in [-0.25, -0.2) is 0 Å². The molecule has 0 aromatic rings. The summed E-state index contributed by atoms with van der Waals surface area (Å²) in [5.74, 6) is -1.10. The molecule has 0 aliphatic rings. The van der Waals surface area contributed by atoms with Crippen molar-refractivity contribution in [1.82, 2.24) is 10.6 Å². The molecule has 0 aliphatic heterocycles. The number of nitrogens with two attached hydrogens (primary N) is 2. The van der Waals surface area contributed by atoms with Gasteiger partial charge in [-0.15, -0.1) is 0 Å². The minimum atomic E-state index is -0.829. The molecule has 0 saturated carbocycles. The van der Waals surface area contributed by atoms with Crippen LogP contribution in [0.3, 0.4) is 0 Å². The van der Waals surface area contributed by atoms with Gasteiger partial charge in [0.25, 0.3) is 0 Å². The molecule has 4 amide bonds. The van der Waals surface area contributed by atoms with E-state index in [1.165, 1.54) is 21.6 Å². The van der Waals surface area contributed by atoms with Crippen molar-refractivity contribution in [3.8, 4) is 0 Å². The van der Waals surface area contributed by atoms with E-state index >= 15 is 0 Å². The van der Waals surface area contributed by atoms with Crippen molar-refractivity contribution in [3.05, 3.63) is 0 Å². The first kappa shape index (κ1) is 24.7. The second kappa shape index (κ2) is 14.9. The summed E-state index contributed by atoms with van der Waals surface area (Å²) < 4.78 is 0. The Balaban J connectivity index is 4.11. The second-order valence-electron chi connectivity index (χ2n) is 5.82. The highest BCUT2D eigenvalue weighted by Gasteiger charge is 2.20. The molecule has 2 atom stereocenters. The lowest BCUT2D eigenvalue weighted by atomic mass is 10.2. The fourth-order valence-corrected chi connectivity index (χ4v) is 4.04. The van der Waals surface area contributed by atoms with Crippen LogP contribution in [0.2, 0.25) is 0 Å². The Hall–Kier alpha value is -1.26. The molecule has 26 heavy (non-hydrogen) atoms. The largest absolute Gasteiger partial charge is 0.368 e. The molecule has 150 valence electrons. The van der Waals surface area contributed by atoms with Crippen molar-refractivity contribution in [3.63, 3.8) is 0 Å². The van der Waals surface area contributed by atoms with Crippen molar-refractivity contribution in [2.45, 2.75) is 64.5 Å². The van der Waals surface area contributed by atoms with Crippen LogP contribution in [-0.2, 0) is 19.2 Å². The van der Waals surface area contributed by atoms with E-state index in [0.29, 0.717) is 12.8 Å². The zero-order valence-electron chi connectivity index (χ0n) is 15.4. The van der Waals surface area contributed by atoms with Gasteiger partial charge in [-0.1, -0.05) is 48.3 Å². The first-order chi connectivity index (χ1) is 12.3. The van der Waals surface area contributed by atoms with Gasteiger partial charge < -0.3 is 16.8 Å². The van der Waals surface area contributed by atoms with Gasteiger partial charge in [0.05, 0.1) is 6.04 Å². The minimum Gasteiger partial charge on any atom is -0.368 e. The predicted octanol–water partition coefficient (Wildman–Crippen LogP) is 0.688. The van der Waals surface area contributed by atoms with Crippen LogP contribution in [0, 0.1) is 0 Å². The van der Waals surface area contributed by atoms with Crippen LogP contribution in [0.1, 0.15) is 52.4 Å². The van der Waals surface area contributed by atoms with Crippen molar-refractivity contribution in [1.29, 1.82) is 0 Å². The number of imide groups is 1. The zero-order chi connectivity index (χ0) is 19.9. The standard InChI is InChI=1S/C16H30N4O4S2/c1-3-5-7-13(21)19-12(15(18)23)10-26-25-9-11(17)16(24)20-14(22)8-6-4-2/h11-12H,3-10,17H2,1-2H3,(H2,18,23)(H,19,21)(H,20,22,24)/t11-,12?/m0/s1. The van der Waals surface area contributed by atoms with E-state index in [2.05, 4.69) is 10.6 Å². The van der Waals surface area contributed by atoms with Crippen LogP contribution in [0.15, 0.2) is 0 Å². The van der Waals surface area contributed by atoms with Gasteiger partial charge in [-0.3, -0.25) is 24.5 Å². The smallest absolute Gasteiger partial charge is 0.244 e. The highest BCUT2D eigenvalue weighted by atomic mass is 33.1. The average molecular weight is 407 g/mol. The first-order valence-electron chi connectivity index (χ1n) is 8.74. The van der Waals surface area contributed by atoms with E-state index in [9.17, 15) is 19.2 Å². The number of nitrogens with one attached hydrogen (secondary N) is 2. The molecule has 0 aromatic carbocycles. The van der Waals surface area contributed by atoms with Crippen LogP contribution < -0.4 is 22.1 Å². The summed E-state index contributed by atoms with van der Waals surface area (Å²) in [6, 6.07) is -1.60. The Kier molecular flexibility index (Phi) is 14.1. The maximum Gasteiger partial charge on any atom is 0.244 e. The SMILES string of the molecule is CCCCC(=O)NC(=O)[C@@H](N)CSSCC(NC(=O)CCCC)C(N)=O. The lowest BCUT2D eigenvalue weighted by molar-refractivity contribution is -0.131. The molecule has 8 nitrogen and oxygen atoms in total. The topological polar surface area (TPSA) is 144 Å². The van der Waals surface area contributed by atoms with Crippen LogP contribution in [0.25, 0.3) is 0 Å². The molecule has 0 fully saturated rings. The number of carbonyl (C=O) groups is 4. The third-order valence-electron chi connectivity index (χ3n) is 3.36. The van der Waals surface area contributed by atoms with Gasteiger partial charge in [0.15, 0.2) is 0 Å². The third kappa shape index (κ3) is 12.2. The van der Waals surface area contributed by atoms with Crippen molar-refractivity contribution in [2.24, 2.45) is 11.5 Å². The summed E-state index contributed by atoms with van der Waals surface area (Å²) in [5.41, 5.74) is 11.0. The number of carbonyl (C=O) groups excluding carboxylic acids is 4. The molecule has 0 saturated heterocycles. The summed E-state index contributed by atoms with van der Waals surface area (Å²) in [6.07, 6.45) is 3.89. The van der Waals surface area contributed by atoms with E-state index in [0.717, 1.165) is 25.7 Å². The number of amides is 4. The number of rotatable bonds is 14. The quantitative estimate of drug-likeness (QED) is 0.245. The summed E-state index contributed by atoms with van der Waals surface area (Å²) in [7, 11) is 2.58. The van der Waals surface area contributed by atoms with Gasteiger partial charge >= 0.3 is 0 Å². The highest BCUT2D eigenvalue weighted by Crippen LogP contribution is 2.22. The third-order valence-corrected chi connectivity index (χ3v) is 5.81. The molecule has 0 aliphatic carbocycles. The maximum atomic E-state index is 11.8. The second-order valence-corrected chi connectivity index (χ2v) is 8.37. The Morgan fingerprint density at radius 1 is 0.923 bits per heavy atom. The molecule has 0 aromatic heterocycles. The van der Waals surface area contributed by atoms with Gasteiger partial charge in [-0.2, -0.15) is 0 Å². The maximum absolute atomic E-state index is 11.8. The molecule has 0 spiro atoms. The van der Waals surface area contributed by atoms with Crippen molar-refractivity contribution >= 4 is 45.2 Å². The van der Waals surface area contributed by atoms with Gasteiger partial charge in [0, 0.05) is 24.3 Å². The summed E-state index contributed by atoms with van der Waals surface area (Å²) in [4.78, 5) is 46.4. The highest BCUT2D eigenvalue weighted by molar-refractivity contribution is 8.76. The van der Waals surface area contributed by atoms with Gasteiger partial charge in [0.2, 0.25) is 23.6 Å².